The highest BCUT2D eigenvalue weighted by atomic mass is 15.0. The molecule has 0 saturated carbocycles. The summed E-state index contributed by atoms with van der Waals surface area (Å²) in [7, 11) is 0. The Kier molecular flexibility index (Phi) is 16.5. The van der Waals surface area contributed by atoms with Gasteiger partial charge >= 0.3 is 0 Å². The van der Waals surface area contributed by atoms with Crippen LogP contribution in [0.3, 0.4) is 0 Å². The Morgan fingerprint density at radius 2 is 0.592 bits per heavy atom. The highest BCUT2D eigenvalue weighted by Crippen LogP contribution is 2.65. The molecule has 20 aromatic rings. The van der Waals surface area contributed by atoms with Gasteiger partial charge in [-0.15, -0.1) is 0 Å². The highest BCUT2D eigenvalue weighted by molar-refractivity contribution is 6.11. The van der Waals surface area contributed by atoms with Crippen LogP contribution in [0.5, 0.6) is 0 Å². The van der Waals surface area contributed by atoms with Crippen molar-refractivity contribution >= 4 is 21.8 Å². The van der Waals surface area contributed by atoms with E-state index < -0.39 is 10.8 Å². The molecule has 3 aromatic heterocycles. The molecular formula is C119H80N6. The second kappa shape index (κ2) is 28.1. The lowest BCUT2D eigenvalue weighted by Gasteiger charge is -2.47. The van der Waals surface area contributed by atoms with Crippen molar-refractivity contribution < 1.29 is 0 Å². The van der Waals surface area contributed by atoms with Gasteiger partial charge in [0.2, 0.25) is 0 Å². The van der Waals surface area contributed by atoms with Crippen molar-refractivity contribution in [1.29, 1.82) is 5.26 Å². The van der Waals surface area contributed by atoms with Gasteiger partial charge in [0, 0.05) is 60.7 Å². The van der Waals surface area contributed by atoms with Gasteiger partial charge in [-0.2, -0.15) is 5.26 Å². The lowest BCUT2D eigenvalue weighted by molar-refractivity contribution is 0.563. The molecule has 0 atom stereocenters. The molecule has 4 aliphatic carbocycles. The first-order chi connectivity index (χ1) is 61.4. The molecular weight excluding hydrogens is 1510 g/mol. The van der Waals surface area contributed by atoms with Gasteiger partial charge in [0.1, 0.15) is 0 Å². The lowest BCUT2D eigenvalue weighted by atomic mass is 9.54. The van der Waals surface area contributed by atoms with Crippen molar-refractivity contribution in [2.24, 2.45) is 0 Å². The van der Waals surface area contributed by atoms with Crippen molar-refractivity contribution in [1.82, 2.24) is 24.5 Å². The zero-order valence-corrected chi connectivity index (χ0v) is 69.4. The predicted octanol–water partition coefficient (Wildman–Crippen LogP) is 28.9. The van der Waals surface area contributed by atoms with E-state index in [-0.39, 0.29) is 10.8 Å². The van der Waals surface area contributed by atoms with Gasteiger partial charge in [-0.1, -0.05) is 349 Å². The molecule has 586 valence electrons. The molecule has 0 bridgehead atoms. The van der Waals surface area contributed by atoms with Gasteiger partial charge in [0.05, 0.1) is 56.3 Å². The van der Waals surface area contributed by atoms with Crippen LogP contribution in [0.15, 0.2) is 413 Å². The largest absolute Gasteiger partial charge is 0.309 e. The first-order valence-electron chi connectivity index (χ1n) is 43.2. The van der Waals surface area contributed by atoms with Crippen molar-refractivity contribution in [2.75, 3.05) is 0 Å². The Bertz CT molecular complexity index is 7840. The zero-order valence-electron chi connectivity index (χ0n) is 69.4. The summed E-state index contributed by atoms with van der Waals surface area (Å²) < 4.78 is 2.35. The van der Waals surface area contributed by atoms with Crippen molar-refractivity contribution in [2.45, 2.75) is 49.4 Å². The second-order valence-corrected chi connectivity index (χ2v) is 34.9. The predicted molar refractivity (Wildman–Crippen MR) is 510 cm³/mol. The summed E-state index contributed by atoms with van der Waals surface area (Å²) in [6.07, 6.45) is 0. The molecule has 3 heterocycles. The van der Waals surface area contributed by atoms with Gasteiger partial charge in [-0.05, 0) is 225 Å². The molecule has 0 amide bonds. The standard InChI is InChI=1S/C119H80N6/c1-116(2)100-50-22-24-52-102(100)118(96-46-18-13-39-88(96)89-40-14-19-47-97(89)118)104-62-58-81(70-106(104)116)78-34-27-36-82(66-78)108-71-109(123-114(122-108)76-32-9-6-10-33-76)83-37-28-35-79(67-83)84-64-74(73-120)65-85(68-84)80-59-63-112-95(69-80)93-44-17-26-55-111(93)125(112)86-60-56-77(57-61-86)115-121-107(75-30-7-5-8-31-75)72-110(124-115)92-43-12-11-38-87(92)94-45-29-54-105-113(94)117(3,4)101-51-23-25-53-103(101)119(105)98-48-20-15-41-90(98)91-42-16-21-49-99(91)119/h5-72H,1-4H3. The Labute approximate surface area is 727 Å². The van der Waals surface area contributed by atoms with E-state index in [0.717, 1.165) is 123 Å². The third-order valence-corrected chi connectivity index (χ3v) is 27.6. The van der Waals surface area contributed by atoms with Crippen molar-refractivity contribution in [3.05, 3.63) is 485 Å². The fourth-order valence-corrected chi connectivity index (χ4v) is 22.0. The molecule has 125 heavy (non-hydrogen) atoms. The Hall–Kier alpha value is -15.8. The Morgan fingerprint density at radius 1 is 0.224 bits per heavy atom. The number of hydrogen-bond acceptors (Lipinski definition) is 5. The Balaban J connectivity index is 0.563. The molecule has 0 unspecified atom stereocenters. The number of para-hydroxylation sites is 1. The molecule has 0 saturated heterocycles. The quantitative estimate of drug-likeness (QED) is 0.129. The molecule has 6 heteroatoms. The first-order valence-corrected chi connectivity index (χ1v) is 43.2. The topological polar surface area (TPSA) is 80.3 Å². The molecule has 17 aromatic carbocycles. The van der Waals surface area contributed by atoms with E-state index in [4.69, 9.17) is 19.9 Å². The summed E-state index contributed by atoms with van der Waals surface area (Å²) >= 11 is 0. The molecule has 0 N–H and O–H groups in total. The number of nitrogens with zero attached hydrogens (tertiary/aromatic N) is 6. The molecule has 0 radical (unpaired) electrons. The van der Waals surface area contributed by atoms with Gasteiger partial charge in [-0.3, -0.25) is 0 Å². The minimum atomic E-state index is -0.534. The van der Waals surface area contributed by atoms with E-state index in [1.807, 2.05) is 30.3 Å². The fraction of sp³-hybridized carbons (Fsp3) is 0.0672. The third kappa shape index (κ3) is 11.1. The maximum atomic E-state index is 10.9. The Morgan fingerprint density at radius 3 is 1.18 bits per heavy atom. The highest BCUT2D eigenvalue weighted by Gasteiger charge is 2.56. The number of fused-ring (bicyclic) bond motifs is 21. The van der Waals surface area contributed by atoms with Crippen LogP contribution < -0.4 is 0 Å². The maximum absolute atomic E-state index is 10.9. The van der Waals surface area contributed by atoms with Crippen LogP contribution in [-0.4, -0.2) is 24.5 Å². The summed E-state index contributed by atoms with van der Waals surface area (Å²) in [5.74, 6) is 1.27. The third-order valence-electron chi connectivity index (χ3n) is 27.6. The molecule has 24 rings (SSSR count). The average molecular weight is 1590 g/mol. The summed E-state index contributed by atoms with van der Waals surface area (Å²) in [4.78, 5) is 21.8. The summed E-state index contributed by atoms with van der Waals surface area (Å²) in [5.41, 5.74) is 40.6. The summed E-state index contributed by atoms with van der Waals surface area (Å²) in [6.45, 7) is 9.61. The van der Waals surface area contributed by atoms with Gasteiger partial charge in [-0.25, -0.2) is 19.9 Å². The number of nitriles is 1. The van der Waals surface area contributed by atoms with Crippen LogP contribution in [0.2, 0.25) is 0 Å². The van der Waals surface area contributed by atoms with Crippen LogP contribution in [0.25, 0.3) is 162 Å². The molecule has 0 fully saturated rings. The van der Waals surface area contributed by atoms with E-state index in [1.54, 1.807) is 0 Å². The van der Waals surface area contributed by atoms with Gasteiger partial charge in [0.15, 0.2) is 11.6 Å². The SMILES string of the molecule is CC1(C)c2ccccc2C2(c3ccccc3-c3ccccc32)c2ccc(-c3cccc(-c4cc(-c5cccc(-c6cc(C#N)cc(-c7ccc8c(c7)c7ccccc7n8-c7ccc(-c8nc(-c9ccccc9)cc(-c9ccccc9-c9cccc%10c9C(C)(C)c9ccccc9C%109c%10ccccc%10-c%10ccccc%109)n8)cc7)c6)c5)nc(-c5ccccc5)n4)c3)cc21. The smallest absolute Gasteiger partial charge is 0.160 e. The number of benzene rings is 17. The van der Waals surface area contributed by atoms with E-state index >= 15 is 0 Å². The number of aromatic nitrogens is 5. The minimum Gasteiger partial charge on any atom is -0.309 e. The fourth-order valence-electron chi connectivity index (χ4n) is 22.0. The molecule has 2 spiro atoms. The van der Waals surface area contributed by atoms with E-state index in [9.17, 15) is 5.26 Å². The molecule has 0 aliphatic heterocycles. The first kappa shape index (κ1) is 73.1. The normalized spacial score (nSPS) is 14.0. The monoisotopic (exact) mass is 1590 g/mol. The zero-order chi connectivity index (χ0) is 83.4. The second-order valence-electron chi connectivity index (χ2n) is 34.9. The molecule has 6 nitrogen and oxygen atoms in total. The average Bonchev–Trinajstić information content (AvgIpc) is 1.57. The van der Waals surface area contributed by atoms with Crippen molar-refractivity contribution in [3.63, 3.8) is 0 Å². The minimum absolute atomic E-state index is 0.297. The van der Waals surface area contributed by atoms with Gasteiger partial charge in [0.25, 0.3) is 0 Å². The van der Waals surface area contributed by atoms with Crippen LogP contribution in [0.1, 0.15) is 100 Å². The van der Waals surface area contributed by atoms with E-state index in [0.29, 0.717) is 17.2 Å². The van der Waals surface area contributed by atoms with Crippen molar-refractivity contribution in [3.8, 4) is 146 Å². The van der Waals surface area contributed by atoms with Crippen LogP contribution in [0.4, 0.5) is 0 Å². The van der Waals surface area contributed by atoms with Crippen LogP contribution >= 0.6 is 0 Å². The van der Waals surface area contributed by atoms with Gasteiger partial charge < -0.3 is 4.57 Å². The van der Waals surface area contributed by atoms with E-state index in [2.05, 4.69) is 421 Å². The number of hydrogen-bond donors (Lipinski definition) is 0. The lowest BCUT2D eigenvalue weighted by Crippen LogP contribution is -2.41. The maximum Gasteiger partial charge on any atom is 0.160 e. The molecule has 4 aliphatic rings. The van der Waals surface area contributed by atoms with Crippen LogP contribution in [-0.2, 0) is 21.7 Å². The summed E-state index contributed by atoms with van der Waals surface area (Å²) in [6, 6.07) is 153. The van der Waals surface area contributed by atoms with Crippen LogP contribution in [0, 0.1) is 11.3 Å². The number of rotatable bonds is 11. The summed E-state index contributed by atoms with van der Waals surface area (Å²) in [5, 5.41) is 13.1. The van der Waals surface area contributed by atoms with E-state index in [1.165, 1.54) is 94.6 Å².